The highest BCUT2D eigenvalue weighted by atomic mass is 16.8. The second kappa shape index (κ2) is 6.67. The smallest absolute Gasteiger partial charge is 0.407 e. The van der Waals surface area contributed by atoms with Gasteiger partial charge in [0.15, 0.2) is 5.79 Å². The van der Waals surface area contributed by atoms with Crippen LogP contribution in [0.4, 0.5) is 4.79 Å². The van der Waals surface area contributed by atoms with Crippen molar-refractivity contribution in [3.05, 3.63) is 35.9 Å². The van der Waals surface area contributed by atoms with Crippen LogP contribution < -0.4 is 5.32 Å². The lowest BCUT2D eigenvalue weighted by Crippen LogP contribution is -2.47. The van der Waals surface area contributed by atoms with E-state index in [1.807, 2.05) is 58.0 Å². The van der Waals surface area contributed by atoms with Crippen LogP contribution in [0.1, 0.15) is 39.7 Å². The first kappa shape index (κ1) is 16.8. The Hall–Kier alpha value is -1.59. The van der Waals surface area contributed by atoms with Gasteiger partial charge >= 0.3 is 6.09 Å². The lowest BCUT2D eigenvalue weighted by Gasteiger charge is -2.28. The molecule has 0 bridgehead atoms. The fourth-order valence-electron chi connectivity index (χ4n) is 2.81. The summed E-state index contributed by atoms with van der Waals surface area (Å²) in [5, 5.41) is 2.77. The molecule has 1 amide bonds. The molecule has 1 aromatic carbocycles. The van der Waals surface area contributed by atoms with E-state index in [2.05, 4.69) is 5.32 Å². The Morgan fingerprint density at radius 3 is 2.59 bits per heavy atom. The SMILES string of the molecule is CC[C@H]1OC(C)(C)O[C@@]1(C)CNC(=O)OCc1ccccc1. The number of hydrogen-bond acceptors (Lipinski definition) is 4. The second-order valence-electron chi connectivity index (χ2n) is 6.24. The lowest BCUT2D eigenvalue weighted by molar-refractivity contribution is -0.159. The van der Waals surface area contributed by atoms with Gasteiger partial charge in [-0.2, -0.15) is 0 Å². The molecular formula is C17H25NO4. The Balaban J connectivity index is 1.82. The van der Waals surface area contributed by atoms with E-state index in [1.54, 1.807) is 0 Å². The highest BCUT2D eigenvalue weighted by molar-refractivity contribution is 5.67. The Morgan fingerprint density at radius 2 is 1.95 bits per heavy atom. The number of rotatable bonds is 5. The summed E-state index contributed by atoms with van der Waals surface area (Å²) < 4.78 is 17.0. The summed E-state index contributed by atoms with van der Waals surface area (Å²) in [6, 6.07) is 9.58. The summed E-state index contributed by atoms with van der Waals surface area (Å²) in [4.78, 5) is 11.8. The maximum atomic E-state index is 11.8. The van der Waals surface area contributed by atoms with Crippen LogP contribution in [0.25, 0.3) is 0 Å². The van der Waals surface area contributed by atoms with E-state index in [9.17, 15) is 4.79 Å². The molecule has 22 heavy (non-hydrogen) atoms. The van der Waals surface area contributed by atoms with Gasteiger partial charge in [0.2, 0.25) is 0 Å². The summed E-state index contributed by atoms with van der Waals surface area (Å²) in [6.07, 6.45) is 0.311. The number of benzene rings is 1. The molecular weight excluding hydrogens is 282 g/mol. The summed E-state index contributed by atoms with van der Waals surface area (Å²) >= 11 is 0. The van der Waals surface area contributed by atoms with Crippen LogP contribution in [0.3, 0.4) is 0 Å². The van der Waals surface area contributed by atoms with Crippen LogP contribution in [0, 0.1) is 0 Å². The molecule has 2 rings (SSSR count). The minimum Gasteiger partial charge on any atom is -0.445 e. The number of carbonyl (C=O) groups is 1. The van der Waals surface area contributed by atoms with Crippen LogP contribution in [0.2, 0.25) is 0 Å². The molecule has 5 nitrogen and oxygen atoms in total. The molecule has 1 saturated heterocycles. The third-order valence-electron chi connectivity index (χ3n) is 3.75. The Kier molecular flexibility index (Phi) is 5.08. The van der Waals surface area contributed by atoms with Gasteiger partial charge in [-0.1, -0.05) is 37.3 Å². The maximum absolute atomic E-state index is 11.8. The van der Waals surface area contributed by atoms with Crippen molar-refractivity contribution in [1.82, 2.24) is 5.32 Å². The maximum Gasteiger partial charge on any atom is 0.407 e. The van der Waals surface area contributed by atoms with Crippen molar-refractivity contribution in [2.24, 2.45) is 0 Å². The molecule has 0 aliphatic carbocycles. The molecule has 0 aromatic heterocycles. The number of carbonyl (C=O) groups excluding carboxylic acids is 1. The zero-order valence-electron chi connectivity index (χ0n) is 13.7. The Morgan fingerprint density at radius 1 is 1.27 bits per heavy atom. The average molecular weight is 307 g/mol. The molecule has 0 unspecified atom stereocenters. The zero-order chi connectivity index (χ0) is 16.2. The normalized spacial score (nSPS) is 26.6. The van der Waals surface area contributed by atoms with Gasteiger partial charge < -0.3 is 19.5 Å². The second-order valence-corrected chi connectivity index (χ2v) is 6.24. The number of nitrogens with one attached hydrogen (secondary N) is 1. The van der Waals surface area contributed by atoms with Crippen LogP contribution in [0.15, 0.2) is 30.3 Å². The number of alkyl carbamates (subject to hydrolysis) is 1. The topological polar surface area (TPSA) is 56.8 Å². The van der Waals surface area contributed by atoms with Gasteiger partial charge in [0.1, 0.15) is 12.2 Å². The van der Waals surface area contributed by atoms with Crippen molar-refractivity contribution in [2.45, 2.75) is 58.2 Å². The van der Waals surface area contributed by atoms with Crippen LogP contribution in [-0.4, -0.2) is 30.1 Å². The molecule has 2 atom stereocenters. The Bertz CT molecular complexity index is 503. The first-order chi connectivity index (χ1) is 10.3. The zero-order valence-corrected chi connectivity index (χ0v) is 13.7. The molecule has 0 radical (unpaired) electrons. The van der Waals surface area contributed by atoms with Crippen LogP contribution in [0.5, 0.6) is 0 Å². The summed E-state index contributed by atoms with van der Waals surface area (Å²) in [5.41, 5.74) is 0.404. The third-order valence-corrected chi connectivity index (χ3v) is 3.75. The minimum absolute atomic E-state index is 0.0584. The molecule has 1 fully saturated rings. The van der Waals surface area contributed by atoms with Crippen molar-refractivity contribution < 1.29 is 19.0 Å². The van der Waals surface area contributed by atoms with Gasteiger partial charge in [0.05, 0.1) is 12.6 Å². The predicted molar refractivity (Wildman–Crippen MR) is 83.4 cm³/mol. The fourth-order valence-corrected chi connectivity index (χ4v) is 2.81. The van der Waals surface area contributed by atoms with Crippen molar-refractivity contribution in [3.8, 4) is 0 Å². The highest BCUT2D eigenvalue weighted by Gasteiger charge is 2.49. The number of ether oxygens (including phenoxy) is 3. The van der Waals surface area contributed by atoms with Gasteiger partial charge in [-0.15, -0.1) is 0 Å². The van der Waals surface area contributed by atoms with Crippen LogP contribution in [-0.2, 0) is 20.8 Å². The Labute approximate surface area is 131 Å². The third kappa shape index (κ3) is 4.21. The quantitative estimate of drug-likeness (QED) is 0.907. The van der Waals surface area contributed by atoms with Crippen molar-refractivity contribution >= 4 is 6.09 Å². The molecule has 1 heterocycles. The molecule has 1 aliphatic heterocycles. The highest BCUT2D eigenvalue weighted by Crippen LogP contribution is 2.37. The summed E-state index contributed by atoms with van der Waals surface area (Å²) in [7, 11) is 0. The monoisotopic (exact) mass is 307 g/mol. The lowest BCUT2D eigenvalue weighted by atomic mass is 9.97. The predicted octanol–water partition coefficient (Wildman–Crippen LogP) is 3.23. The molecule has 0 saturated carbocycles. The molecule has 1 aliphatic rings. The van der Waals surface area contributed by atoms with Crippen molar-refractivity contribution in [3.63, 3.8) is 0 Å². The number of amides is 1. The van der Waals surface area contributed by atoms with Gasteiger partial charge in [0.25, 0.3) is 0 Å². The van der Waals surface area contributed by atoms with Gasteiger partial charge in [-0.25, -0.2) is 4.79 Å². The van der Waals surface area contributed by atoms with E-state index >= 15 is 0 Å². The standard InChI is InChI=1S/C17H25NO4/c1-5-14-17(4,22-16(2,3)21-14)12-18-15(19)20-11-13-9-7-6-8-10-13/h6-10,14H,5,11-12H2,1-4H3,(H,18,19)/t14-,17+/m1/s1. The van der Waals surface area contributed by atoms with Crippen LogP contribution >= 0.6 is 0 Å². The van der Waals surface area contributed by atoms with Gasteiger partial charge in [-0.05, 0) is 32.8 Å². The van der Waals surface area contributed by atoms with Gasteiger partial charge in [-0.3, -0.25) is 0 Å². The molecule has 0 spiro atoms. The fraction of sp³-hybridized carbons (Fsp3) is 0.588. The number of hydrogen-bond donors (Lipinski definition) is 1. The minimum atomic E-state index is -0.634. The molecule has 122 valence electrons. The van der Waals surface area contributed by atoms with Crippen molar-refractivity contribution in [2.75, 3.05) is 6.54 Å². The first-order valence-electron chi connectivity index (χ1n) is 7.67. The largest absolute Gasteiger partial charge is 0.445 e. The van der Waals surface area contributed by atoms with E-state index in [1.165, 1.54) is 0 Å². The van der Waals surface area contributed by atoms with E-state index in [4.69, 9.17) is 14.2 Å². The summed E-state index contributed by atoms with van der Waals surface area (Å²) in [5.74, 6) is -0.634. The molecule has 5 heteroatoms. The van der Waals surface area contributed by atoms with E-state index < -0.39 is 17.5 Å². The molecule has 1 aromatic rings. The molecule has 1 N–H and O–H groups in total. The average Bonchev–Trinajstić information content (AvgIpc) is 2.73. The van der Waals surface area contributed by atoms with E-state index in [0.717, 1.165) is 12.0 Å². The first-order valence-corrected chi connectivity index (χ1v) is 7.67. The van der Waals surface area contributed by atoms with Gasteiger partial charge in [0, 0.05) is 0 Å². The summed E-state index contributed by atoms with van der Waals surface area (Å²) in [6.45, 7) is 8.37. The van der Waals surface area contributed by atoms with E-state index in [0.29, 0.717) is 6.54 Å². The van der Waals surface area contributed by atoms with E-state index in [-0.39, 0.29) is 12.7 Å². The van der Waals surface area contributed by atoms with Crippen molar-refractivity contribution in [1.29, 1.82) is 0 Å².